The van der Waals surface area contributed by atoms with Gasteiger partial charge in [-0.1, -0.05) is 6.92 Å². The molecule has 2 aliphatic rings. The number of carbonyl (C=O) groups excluding carboxylic acids is 2. The van der Waals surface area contributed by atoms with Gasteiger partial charge < -0.3 is 10.2 Å². The number of carbonyl (C=O) groups is 2. The quantitative estimate of drug-likeness (QED) is 0.844. The van der Waals surface area contributed by atoms with E-state index in [1.807, 2.05) is 6.92 Å². The molecule has 1 aromatic carbocycles. The first-order valence-corrected chi connectivity index (χ1v) is 7.37. The Hall–Kier alpha value is -1.75. The van der Waals surface area contributed by atoms with Gasteiger partial charge in [0.2, 0.25) is 0 Å². The summed E-state index contributed by atoms with van der Waals surface area (Å²) in [5.41, 5.74) is 1.40. The number of halogens is 1. The number of nitrogens with one attached hydrogen (secondary N) is 1. The molecule has 1 aromatic rings. The number of Topliss-reactive ketones (excluding diaryl/α,β-unsaturated/α-hetero) is 1. The third-order valence-corrected chi connectivity index (χ3v) is 4.05. The maximum atomic E-state index is 13.4. The maximum absolute atomic E-state index is 13.4. The van der Waals surface area contributed by atoms with Gasteiger partial charge >= 0.3 is 0 Å². The monoisotopic (exact) mass is 290 g/mol. The van der Waals surface area contributed by atoms with E-state index in [1.54, 1.807) is 6.92 Å². The summed E-state index contributed by atoms with van der Waals surface area (Å²) < 4.78 is 13.4. The average molecular weight is 290 g/mol. The van der Waals surface area contributed by atoms with Crippen molar-refractivity contribution < 1.29 is 14.0 Å². The van der Waals surface area contributed by atoms with Crippen LogP contribution in [0.5, 0.6) is 0 Å². The lowest BCUT2D eigenvalue weighted by Crippen LogP contribution is -2.37. The Bertz CT molecular complexity index is 611. The lowest BCUT2D eigenvalue weighted by molar-refractivity contribution is -0.114. The number of rotatable bonds is 5. The van der Waals surface area contributed by atoms with Crippen LogP contribution in [0, 0.1) is 18.7 Å². The molecule has 112 valence electrons. The van der Waals surface area contributed by atoms with Crippen LogP contribution in [0.25, 0.3) is 0 Å². The highest BCUT2D eigenvalue weighted by atomic mass is 19.1. The third kappa shape index (κ3) is 2.70. The van der Waals surface area contributed by atoms with Crippen molar-refractivity contribution in [3.8, 4) is 0 Å². The van der Waals surface area contributed by atoms with E-state index in [0.717, 1.165) is 12.6 Å². The van der Waals surface area contributed by atoms with Crippen LogP contribution >= 0.6 is 0 Å². The summed E-state index contributed by atoms with van der Waals surface area (Å²) in [6, 6.07) is 3.15. The summed E-state index contributed by atoms with van der Waals surface area (Å²) in [6.45, 7) is 5.07. The Balaban J connectivity index is 1.79. The fourth-order valence-electron chi connectivity index (χ4n) is 2.81. The van der Waals surface area contributed by atoms with E-state index in [-0.39, 0.29) is 11.5 Å². The van der Waals surface area contributed by atoms with Crippen molar-refractivity contribution in [1.29, 1.82) is 0 Å². The van der Waals surface area contributed by atoms with Gasteiger partial charge in [0.05, 0.1) is 11.3 Å². The second-order valence-corrected chi connectivity index (χ2v) is 6.15. The van der Waals surface area contributed by atoms with Crippen molar-refractivity contribution in [2.45, 2.75) is 32.7 Å². The molecule has 1 saturated carbocycles. The van der Waals surface area contributed by atoms with E-state index in [4.69, 9.17) is 0 Å². The third-order valence-electron chi connectivity index (χ3n) is 4.05. The van der Waals surface area contributed by atoms with E-state index in [9.17, 15) is 14.0 Å². The predicted octanol–water partition coefficient (Wildman–Crippen LogP) is 2.05. The Morgan fingerprint density at radius 3 is 2.76 bits per heavy atom. The first-order valence-electron chi connectivity index (χ1n) is 7.37. The minimum atomic E-state index is -0.602. The normalized spacial score (nSPS) is 19.1. The van der Waals surface area contributed by atoms with Crippen LogP contribution in [0.15, 0.2) is 12.1 Å². The number of ketones is 1. The van der Waals surface area contributed by atoms with Crippen LogP contribution in [-0.4, -0.2) is 30.8 Å². The number of anilines is 1. The zero-order chi connectivity index (χ0) is 15.1. The van der Waals surface area contributed by atoms with Gasteiger partial charge in [-0.25, -0.2) is 4.39 Å². The van der Waals surface area contributed by atoms with E-state index < -0.39 is 17.5 Å². The predicted molar refractivity (Wildman–Crippen MR) is 78.0 cm³/mol. The fourth-order valence-corrected chi connectivity index (χ4v) is 2.81. The summed E-state index contributed by atoms with van der Waals surface area (Å²) in [7, 11) is 0. The molecule has 1 N–H and O–H groups in total. The number of benzene rings is 1. The average Bonchev–Trinajstić information content (AvgIpc) is 3.21. The second-order valence-electron chi connectivity index (χ2n) is 6.15. The molecular formula is C16H19FN2O2. The molecule has 0 aromatic heterocycles. The van der Waals surface area contributed by atoms with Gasteiger partial charge in [-0.15, -0.1) is 0 Å². The molecule has 1 aliphatic carbocycles. The van der Waals surface area contributed by atoms with Crippen LogP contribution in [0.1, 0.15) is 35.7 Å². The molecule has 3 rings (SSSR count). The second kappa shape index (κ2) is 5.22. The van der Waals surface area contributed by atoms with E-state index >= 15 is 0 Å². The molecule has 1 fully saturated rings. The SMILES string of the molecule is Cc1cc(F)cc2c1N(CC(C)CNC1CC1)C(=O)C2=O. The van der Waals surface area contributed by atoms with Crippen molar-refractivity contribution in [1.82, 2.24) is 5.32 Å². The van der Waals surface area contributed by atoms with Crippen molar-refractivity contribution in [2.75, 3.05) is 18.0 Å². The van der Waals surface area contributed by atoms with Gasteiger partial charge in [0.15, 0.2) is 0 Å². The summed E-state index contributed by atoms with van der Waals surface area (Å²) >= 11 is 0. The number of fused-ring (bicyclic) bond motifs is 1. The molecule has 0 saturated heterocycles. The topological polar surface area (TPSA) is 49.4 Å². The van der Waals surface area contributed by atoms with Crippen LogP contribution in [0.3, 0.4) is 0 Å². The molecule has 0 radical (unpaired) electrons. The number of nitrogens with zero attached hydrogens (tertiary/aromatic N) is 1. The van der Waals surface area contributed by atoms with Crippen LogP contribution in [-0.2, 0) is 4.79 Å². The largest absolute Gasteiger partial charge is 0.314 e. The van der Waals surface area contributed by atoms with Gasteiger partial charge in [-0.3, -0.25) is 9.59 Å². The molecule has 21 heavy (non-hydrogen) atoms. The summed E-state index contributed by atoms with van der Waals surface area (Å²) in [5, 5.41) is 3.42. The zero-order valence-electron chi connectivity index (χ0n) is 12.3. The molecule has 4 nitrogen and oxygen atoms in total. The Labute approximate surface area is 123 Å². The van der Waals surface area contributed by atoms with Crippen LogP contribution < -0.4 is 10.2 Å². The smallest absolute Gasteiger partial charge is 0.299 e. The van der Waals surface area contributed by atoms with Crippen LogP contribution in [0.4, 0.5) is 10.1 Å². The minimum absolute atomic E-state index is 0.194. The molecule has 5 heteroatoms. The zero-order valence-corrected chi connectivity index (χ0v) is 12.3. The number of amides is 1. The summed E-state index contributed by atoms with van der Waals surface area (Å²) in [6.07, 6.45) is 2.43. The minimum Gasteiger partial charge on any atom is -0.314 e. The highest BCUT2D eigenvalue weighted by Gasteiger charge is 2.38. The van der Waals surface area contributed by atoms with Gasteiger partial charge in [0, 0.05) is 12.6 Å². The van der Waals surface area contributed by atoms with Gasteiger partial charge in [0.25, 0.3) is 11.7 Å². The molecule has 1 aliphatic heterocycles. The van der Waals surface area contributed by atoms with Gasteiger partial charge in [-0.05, 0) is 49.9 Å². The van der Waals surface area contributed by atoms with Gasteiger partial charge in [-0.2, -0.15) is 0 Å². The number of hydrogen-bond acceptors (Lipinski definition) is 3. The highest BCUT2D eigenvalue weighted by Crippen LogP contribution is 2.33. The number of hydrogen-bond donors (Lipinski definition) is 1. The first-order chi connectivity index (χ1) is 9.97. The lowest BCUT2D eigenvalue weighted by Gasteiger charge is -2.23. The Kier molecular flexibility index (Phi) is 3.53. The molecule has 1 heterocycles. The standard InChI is InChI=1S/C16H19FN2O2/c1-9(7-18-12-3-4-12)8-19-14-10(2)5-11(17)6-13(14)15(20)16(19)21/h5-6,9,12,18H,3-4,7-8H2,1-2H3. The van der Waals surface area contributed by atoms with Crippen molar-refractivity contribution in [3.63, 3.8) is 0 Å². The summed E-state index contributed by atoms with van der Waals surface area (Å²) in [5.74, 6) is -1.39. The van der Waals surface area contributed by atoms with E-state index in [1.165, 1.54) is 23.8 Å². The fraction of sp³-hybridized carbons (Fsp3) is 0.500. The van der Waals surface area contributed by atoms with Crippen molar-refractivity contribution in [2.24, 2.45) is 5.92 Å². The lowest BCUT2D eigenvalue weighted by atomic mass is 10.1. The molecule has 1 unspecified atom stereocenters. The van der Waals surface area contributed by atoms with Crippen LogP contribution in [0.2, 0.25) is 0 Å². The van der Waals surface area contributed by atoms with Crippen molar-refractivity contribution in [3.05, 3.63) is 29.1 Å². The molecule has 0 spiro atoms. The van der Waals surface area contributed by atoms with Crippen molar-refractivity contribution >= 4 is 17.4 Å². The molecular weight excluding hydrogens is 271 g/mol. The van der Waals surface area contributed by atoms with E-state index in [2.05, 4.69) is 5.32 Å². The number of aryl methyl sites for hydroxylation is 1. The first kappa shape index (κ1) is 14.2. The Morgan fingerprint density at radius 2 is 2.10 bits per heavy atom. The molecule has 1 atom stereocenters. The van der Waals surface area contributed by atoms with E-state index in [0.29, 0.717) is 23.8 Å². The highest BCUT2D eigenvalue weighted by molar-refractivity contribution is 6.52. The van der Waals surface area contributed by atoms with Gasteiger partial charge in [0.1, 0.15) is 5.82 Å². The molecule has 1 amide bonds. The maximum Gasteiger partial charge on any atom is 0.299 e. The Morgan fingerprint density at radius 1 is 1.38 bits per heavy atom. The summed E-state index contributed by atoms with van der Waals surface area (Å²) in [4.78, 5) is 25.6. The molecule has 0 bridgehead atoms.